The summed E-state index contributed by atoms with van der Waals surface area (Å²) in [5.74, 6) is 0. The predicted molar refractivity (Wildman–Crippen MR) is 268 cm³/mol. The maximum Gasteiger partial charge on any atom is 0.145 e. The molecule has 0 radical (unpaired) electrons. The molecule has 4 nitrogen and oxygen atoms in total. The van der Waals surface area contributed by atoms with Gasteiger partial charge in [0.1, 0.15) is 11.2 Å². The minimum absolute atomic E-state index is 0.907. The Bertz CT molecular complexity index is 3860. The first kappa shape index (κ1) is 36.1. The van der Waals surface area contributed by atoms with Crippen molar-refractivity contribution in [3.8, 4) is 33.6 Å². The minimum atomic E-state index is 0.907. The van der Waals surface area contributed by atoms with Crippen LogP contribution in [0.25, 0.3) is 99.2 Å². The van der Waals surface area contributed by atoms with Crippen molar-refractivity contribution >= 4 is 82.6 Å². The molecule has 13 rings (SSSR count). The molecule has 300 valence electrons. The van der Waals surface area contributed by atoms with Gasteiger partial charge in [-0.2, -0.15) is 0 Å². The average Bonchev–Trinajstić information content (AvgIpc) is 4.03. The fourth-order valence-electron chi connectivity index (χ4n) is 9.96. The Morgan fingerprint density at radius 2 is 0.766 bits per heavy atom. The lowest BCUT2D eigenvalue weighted by molar-refractivity contribution is 0.673. The number of para-hydroxylation sites is 4. The Morgan fingerprint density at radius 1 is 0.297 bits per heavy atom. The molecule has 0 atom stereocenters. The van der Waals surface area contributed by atoms with E-state index >= 15 is 0 Å². The summed E-state index contributed by atoms with van der Waals surface area (Å²) in [4.78, 5) is 2.35. The highest BCUT2D eigenvalue weighted by molar-refractivity contribution is 6.24. The third-order valence-corrected chi connectivity index (χ3v) is 12.9. The Morgan fingerprint density at radius 3 is 1.47 bits per heavy atom. The van der Waals surface area contributed by atoms with Gasteiger partial charge in [-0.3, -0.25) is 0 Å². The van der Waals surface area contributed by atoms with Crippen LogP contribution in [-0.2, 0) is 0 Å². The molecule has 3 aromatic heterocycles. The molecule has 3 heterocycles. The van der Waals surface area contributed by atoms with Crippen molar-refractivity contribution in [2.24, 2.45) is 0 Å². The molecule has 10 aromatic carbocycles. The molecule has 0 spiro atoms. The van der Waals surface area contributed by atoms with Crippen molar-refractivity contribution in [1.29, 1.82) is 0 Å². The van der Waals surface area contributed by atoms with Crippen molar-refractivity contribution in [2.75, 3.05) is 4.90 Å². The fraction of sp³-hybridized carbons (Fsp3) is 0. The van der Waals surface area contributed by atoms with E-state index in [1.54, 1.807) is 0 Å². The summed E-state index contributed by atoms with van der Waals surface area (Å²) in [7, 11) is 0. The molecule has 0 aliphatic carbocycles. The smallest absolute Gasteiger partial charge is 0.145 e. The van der Waals surface area contributed by atoms with Gasteiger partial charge in [0.2, 0.25) is 0 Å². The van der Waals surface area contributed by atoms with Crippen molar-refractivity contribution in [1.82, 2.24) is 9.13 Å². The number of nitrogens with zero attached hydrogens (tertiary/aromatic N) is 3. The standard InChI is InChI=1S/C60H39N3O/c1-3-13-40(14-4-1)41-23-28-45(29-24-41)61(46-30-25-42(26-31-46)43-27-37-56-53(39-43)49-17-7-10-20-54(49)62(56)44-15-5-2-6-16-44)47-32-34-48(35-33-47)63-55-21-11-8-19-52(55)59-57(63)38-36-51-50-18-9-12-22-58(50)64-60(51)59/h1-39H. The van der Waals surface area contributed by atoms with Crippen LogP contribution in [0.1, 0.15) is 0 Å². The van der Waals surface area contributed by atoms with Gasteiger partial charge in [0.25, 0.3) is 0 Å². The summed E-state index contributed by atoms with van der Waals surface area (Å²) in [6.45, 7) is 0. The van der Waals surface area contributed by atoms with Gasteiger partial charge in [-0.15, -0.1) is 0 Å². The summed E-state index contributed by atoms with van der Waals surface area (Å²) < 4.78 is 11.3. The zero-order valence-electron chi connectivity index (χ0n) is 34.8. The molecule has 0 aliphatic rings. The number of furan rings is 1. The summed E-state index contributed by atoms with van der Waals surface area (Å²) in [6.07, 6.45) is 0. The van der Waals surface area contributed by atoms with Gasteiger partial charge < -0.3 is 18.5 Å². The van der Waals surface area contributed by atoms with Crippen LogP contribution in [0.4, 0.5) is 17.1 Å². The summed E-state index contributed by atoms with van der Waals surface area (Å²) >= 11 is 0. The zero-order chi connectivity index (χ0) is 42.1. The van der Waals surface area contributed by atoms with Crippen LogP contribution in [0.3, 0.4) is 0 Å². The first-order valence-corrected chi connectivity index (χ1v) is 21.8. The van der Waals surface area contributed by atoms with Crippen LogP contribution in [0.2, 0.25) is 0 Å². The van der Waals surface area contributed by atoms with Gasteiger partial charge in [0, 0.05) is 55.4 Å². The van der Waals surface area contributed by atoms with Gasteiger partial charge in [0.05, 0.1) is 27.5 Å². The first-order chi connectivity index (χ1) is 31.7. The molecule has 0 unspecified atom stereocenters. The second-order valence-electron chi connectivity index (χ2n) is 16.5. The van der Waals surface area contributed by atoms with Crippen molar-refractivity contribution in [2.45, 2.75) is 0 Å². The van der Waals surface area contributed by atoms with E-state index in [4.69, 9.17) is 4.42 Å². The topological polar surface area (TPSA) is 26.2 Å². The summed E-state index contributed by atoms with van der Waals surface area (Å²) in [5, 5.41) is 7.07. The highest BCUT2D eigenvalue weighted by atomic mass is 16.3. The van der Waals surface area contributed by atoms with Crippen LogP contribution in [0.15, 0.2) is 241 Å². The molecule has 0 N–H and O–H groups in total. The van der Waals surface area contributed by atoms with Crippen LogP contribution in [-0.4, -0.2) is 9.13 Å². The Labute approximate surface area is 369 Å². The van der Waals surface area contributed by atoms with Gasteiger partial charge >= 0.3 is 0 Å². The monoisotopic (exact) mass is 817 g/mol. The number of fused-ring (bicyclic) bond motifs is 10. The second-order valence-corrected chi connectivity index (χ2v) is 16.5. The van der Waals surface area contributed by atoms with Gasteiger partial charge in [-0.1, -0.05) is 133 Å². The predicted octanol–water partition coefficient (Wildman–Crippen LogP) is 16.6. The van der Waals surface area contributed by atoms with Gasteiger partial charge in [0.15, 0.2) is 0 Å². The van der Waals surface area contributed by atoms with Crippen LogP contribution in [0.5, 0.6) is 0 Å². The minimum Gasteiger partial charge on any atom is -0.455 e. The third-order valence-electron chi connectivity index (χ3n) is 12.9. The highest BCUT2D eigenvalue weighted by Gasteiger charge is 2.20. The van der Waals surface area contributed by atoms with E-state index in [-0.39, 0.29) is 0 Å². The number of aromatic nitrogens is 2. The molecular formula is C60H39N3O. The number of rotatable bonds is 7. The number of anilines is 3. The lowest BCUT2D eigenvalue weighted by Gasteiger charge is -2.26. The summed E-state index contributed by atoms with van der Waals surface area (Å²) in [5.41, 5.74) is 16.7. The van der Waals surface area contributed by atoms with E-state index in [0.29, 0.717) is 0 Å². The average molecular weight is 818 g/mol. The Balaban J connectivity index is 0.911. The molecule has 0 aliphatic heterocycles. The molecule has 0 saturated carbocycles. The quantitative estimate of drug-likeness (QED) is 0.160. The zero-order valence-corrected chi connectivity index (χ0v) is 34.8. The molecule has 0 amide bonds. The van der Waals surface area contributed by atoms with Crippen molar-refractivity contribution in [3.63, 3.8) is 0 Å². The lowest BCUT2D eigenvalue weighted by Crippen LogP contribution is -2.10. The van der Waals surface area contributed by atoms with E-state index < -0.39 is 0 Å². The van der Waals surface area contributed by atoms with E-state index in [9.17, 15) is 0 Å². The van der Waals surface area contributed by atoms with Crippen LogP contribution in [0, 0.1) is 0 Å². The van der Waals surface area contributed by atoms with Crippen molar-refractivity contribution in [3.05, 3.63) is 237 Å². The van der Waals surface area contributed by atoms with E-state index in [1.165, 1.54) is 49.4 Å². The largest absolute Gasteiger partial charge is 0.455 e. The Kier molecular flexibility index (Phi) is 8.18. The second kappa shape index (κ2) is 14.5. The van der Waals surface area contributed by atoms with Crippen LogP contribution < -0.4 is 4.90 Å². The number of hydrogen-bond acceptors (Lipinski definition) is 2. The van der Waals surface area contributed by atoms with E-state index in [0.717, 1.165) is 66.8 Å². The summed E-state index contributed by atoms with van der Waals surface area (Å²) in [6, 6.07) is 85.1. The molecular weight excluding hydrogens is 779 g/mol. The van der Waals surface area contributed by atoms with E-state index in [2.05, 4.69) is 245 Å². The van der Waals surface area contributed by atoms with Gasteiger partial charge in [-0.05, 0) is 125 Å². The molecule has 0 fully saturated rings. The number of hydrogen-bond donors (Lipinski definition) is 0. The van der Waals surface area contributed by atoms with E-state index in [1.807, 2.05) is 6.07 Å². The maximum absolute atomic E-state index is 6.58. The SMILES string of the molecule is c1ccc(-c2ccc(N(c3ccc(-c4ccc5c(c4)c4ccccc4n5-c4ccccc4)cc3)c3ccc(-n4c5ccccc5c5c6oc7ccccc7c6ccc54)cc3)cc2)cc1. The van der Waals surface area contributed by atoms with Gasteiger partial charge in [-0.25, -0.2) is 0 Å². The first-order valence-electron chi connectivity index (χ1n) is 21.8. The lowest BCUT2D eigenvalue weighted by atomic mass is 10.0. The van der Waals surface area contributed by atoms with Crippen molar-refractivity contribution < 1.29 is 4.42 Å². The molecule has 13 aromatic rings. The highest BCUT2D eigenvalue weighted by Crippen LogP contribution is 2.42. The normalized spacial score (nSPS) is 11.8. The molecule has 0 bridgehead atoms. The fourth-order valence-corrected chi connectivity index (χ4v) is 9.96. The number of benzene rings is 10. The maximum atomic E-state index is 6.58. The Hall–Kier alpha value is -8.60. The molecule has 0 saturated heterocycles. The molecule has 64 heavy (non-hydrogen) atoms. The molecule has 4 heteroatoms. The third kappa shape index (κ3) is 5.70. The van der Waals surface area contributed by atoms with Crippen LogP contribution >= 0.6 is 0 Å².